The highest BCUT2D eigenvalue weighted by atomic mass is 32.2. The number of hydrogen-bond acceptors (Lipinski definition) is 4. The maximum absolute atomic E-state index is 12.2. The van der Waals surface area contributed by atoms with Crippen molar-refractivity contribution in [3.05, 3.63) is 24.3 Å². The quantitative estimate of drug-likeness (QED) is 0.810. The number of carbonyl (C=O) groups is 2. The van der Waals surface area contributed by atoms with Gasteiger partial charge in [-0.25, -0.2) is 0 Å². The van der Waals surface area contributed by atoms with E-state index < -0.39 is 5.25 Å². The van der Waals surface area contributed by atoms with Crippen LogP contribution in [0, 0.1) is 0 Å². The van der Waals surface area contributed by atoms with Crippen LogP contribution in [0.4, 0.5) is 10.5 Å². The van der Waals surface area contributed by atoms with E-state index in [9.17, 15) is 9.59 Å². The Kier molecular flexibility index (Phi) is 11.0. The van der Waals surface area contributed by atoms with Gasteiger partial charge in [-0.1, -0.05) is 32.5 Å². The zero-order valence-electron chi connectivity index (χ0n) is 14.8. The fraction of sp³-hybridized carbons (Fsp3) is 0.529. The third-order valence-corrected chi connectivity index (χ3v) is 3.84. The summed E-state index contributed by atoms with van der Waals surface area (Å²) in [6, 6.07) is 7.14. The van der Waals surface area contributed by atoms with Crippen molar-refractivity contribution in [1.29, 1.82) is 0 Å². The van der Waals surface area contributed by atoms with Crippen LogP contribution in [0.1, 0.15) is 41.0 Å². The molecule has 23 heavy (non-hydrogen) atoms. The standard InChI is InChI=1S/C15H22N2O3S.C2H6/c1-5-13(21-15(19)16-10(2)3)14(18)17-11-6-8-12(20-4)9-7-11;1-2/h6-10,13H,5H2,1-4H3,(H,16,19)(H,17,18);1-2H3. The number of anilines is 1. The lowest BCUT2D eigenvalue weighted by Crippen LogP contribution is -2.32. The van der Waals surface area contributed by atoms with Crippen LogP contribution in [0.25, 0.3) is 0 Å². The van der Waals surface area contributed by atoms with E-state index in [-0.39, 0.29) is 17.2 Å². The van der Waals surface area contributed by atoms with Crippen LogP contribution in [0.3, 0.4) is 0 Å². The summed E-state index contributed by atoms with van der Waals surface area (Å²) in [6.45, 7) is 9.65. The number of methoxy groups -OCH3 is 1. The lowest BCUT2D eigenvalue weighted by Gasteiger charge is -2.15. The van der Waals surface area contributed by atoms with E-state index in [1.54, 1.807) is 31.4 Å². The Morgan fingerprint density at radius 3 is 2.17 bits per heavy atom. The molecular formula is C17H28N2O3S. The van der Waals surface area contributed by atoms with Gasteiger partial charge in [0.05, 0.1) is 12.4 Å². The molecule has 1 aromatic carbocycles. The summed E-state index contributed by atoms with van der Waals surface area (Å²) >= 11 is 1.02. The minimum atomic E-state index is -0.411. The van der Waals surface area contributed by atoms with Gasteiger partial charge >= 0.3 is 0 Å². The van der Waals surface area contributed by atoms with Gasteiger partial charge in [0.15, 0.2) is 0 Å². The van der Waals surface area contributed by atoms with Crippen molar-refractivity contribution >= 4 is 28.6 Å². The molecule has 0 heterocycles. The molecule has 2 N–H and O–H groups in total. The fourth-order valence-corrected chi connectivity index (χ4v) is 2.51. The molecule has 0 radical (unpaired) electrons. The summed E-state index contributed by atoms with van der Waals surface area (Å²) in [7, 11) is 1.59. The van der Waals surface area contributed by atoms with Gasteiger partial charge < -0.3 is 15.4 Å². The average molecular weight is 340 g/mol. The Labute approximate surface area is 143 Å². The Morgan fingerprint density at radius 1 is 1.17 bits per heavy atom. The van der Waals surface area contributed by atoms with Crippen LogP contribution in [0.2, 0.25) is 0 Å². The zero-order chi connectivity index (χ0) is 17.8. The van der Waals surface area contributed by atoms with Gasteiger partial charge in [-0.15, -0.1) is 0 Å². The molecular weight excluding hydrogens is 312 g/mol. The number of amides is 2. The molecule has 0 aliphatic rings. The highest BCUT2D eigenvalue weighted by molar-refractivity contribution is 8.14. The molecule has 0 aliphatic carbocycles. The summed E-state index contributed by atoms with van der Waals surface area (Å²) in [5.74, 6) is 0.553. The highest BCUT2D eigenvalue weighted by Crippen LogP contribution is 2.20. The van der Waals surface area contributed by atoms with Gasteiger partial charge in [0, 0.05) is 11.7 Å². The lowest BCUT2D eigenvalue weighted by molar-refractivity contribution is -0.115. The van der Waals surface area contributed by atoms with Crippen molar-refractivity contribution in [2.75, 3.05) is 12.4 Å². The predicted molar refractivity (Wildman–Crippen MR) is 98.3 cm³/mol. The van der Waals surface area contributed by atoms with Crippen molar-refractivity contribution in [2.45, 2.75) is 52.3 Å². The smallest absolute Gasteiger partial charge is 0.280 e. The topological polar surface area (TPSA) is 67.4 Å². The summed E-state index contributed by atoms with van der Waals surface area (Å²) in [5.41, 5.74) is 0.684. The number of ether oxygens (including phenoxy) is 1. The van der Waals surface area contributed by atoms with Crippen LogP contribution in [0.5, 0.6) is 5.75 Å². The summed E-state index contributed by atoms with van der Waals surface area (Å²) in [6.07, 6.45) is 0.582. The monoisotopic (exact) mass is 340 g/mol. The fourth-order valence-electron chi connectivity index (χ4n) is 1.62. The molecule has 6 heteroatoms. The Bertz CT molecular complexity index is 475. The highest BCUT2D eigenvalue weighted by Gasteiger charge is 2.21. The molecule has 0 saturated heterocycles. The lowest BCUT2D eigenvalue weighted by atomic mass is 10.2. The molecule has 0 saturated carbocycles. The van der Waals surface area contributed by atoms with Gasteiger partial charge in [0.2, 0.25) is 5.91 Å². The van der Waals surface area contributed by atoms with E-state index in [1.807, 2.05) is 34.6 Å². The third-order valence-electron chi connectivity index (χ3n) is 2.68. The first kappa shape index (κ1) is 21.3. The van der Waals surface area contributed by atoms with Crippen LogP contribution in [-0.4, -0.2) is 29.5 Å². The van der Waals surface area contributed by atoms with Gasteiger partial charge in [-0.2, -0.15) is 0 Å². The second-order valence-electron chi connectivity index (χ2n) is 4.82. The van der Waals surface area contributed by atoms with Crippen LogP contribution in [0.15, 0.2) is 24.3 Å². The number of nitrogens with one attached hydrogen (secondary N) is 2. The number of benzene rings is 1. The van der Waals surface area contributed by atoms with E-state index in [2.05, 4.69) is 10.6 Å². The molecule has 0 bridgehead atoms. The van der Waals surface area contributed by atoms with Gasteiger partial charge in [-0.3, -0.25) is 9.59 Å². The van der Waals surface area contributed by atoms with Gasteiger partial charge in [0.25, 0.3) is 5.24 Å². The van der Waals surface area contributed by atoms with Gasteiger partial charge in [-0.05, 0) is 44.5 Å². The first-order valence-electron chi connectivity index (χ1n) is 7.88. The van der Waals surface area contributed by atoms with Crippen molar-refractivity contribution in [2.24, 2.45) is 0 Å². The van der Waals surface area contributed by atoms with Crippen LogP contribution in [-0.2, 0) is 4.79 Å². The van der Waals surface area contributed by atoms with Crippen LogP contribution < -0.4 is 15.4 Å². The van der Waals surface area contributed by atoms with Crippen molar-refractivity contribution in [1.82, 2.24) is 5.32 Å². The number of rotatable bonds is 6. The second-order valence-corrected chi connectivity index (χ2v) is 5.99. The van der Waals surface area contributed by atoms with E-state index in [1.165, 1.54) is 0 Å². The average Bonchev–Trinajstić information content (AvgIpc) is 2.54. The van der Waals surface area contributed by atoms with Crippen LogP contribution >= 0.6 is 11.8 Å². The summed E-state index contributed by atoms with van der Waals surface area (Å²) in [4.78, 5) is 23.9. The molecule has 0 fully saturated rings. The van der Waals surface area contributed by atoms with E-state index >= 15 is 0 Å². The Morgan fingerprint density at radius 2 is 1.74 bits per heavy atom. The van der Waals surface area contributed by atoms with Crippen molar-refractivity contribution in [3.63, 3.8) is 0 Å². The Hall–Kier alpha value is -1.69. The minimum absolute atomic E-state index is 0.0622. The molecule has 0 aliphatic heterocycles. The molecule has 0 spiro atoms. The first-order chi connectivity index (χ1) is 11.0. The summed E-state index contributed by atoms with van der Waals surface area (Å²) in [5, 5.41) is 4.99. The molecule has 1 atom stereocenters. The number of thioether (sulfide) groups is 1. The maximum Gasteiger partial charge on any atom is 0.280 e. The number of hydrogen-bond donors (Lipinski definition) is 2. The second kappa shape index (κ2) is 11.8. The molecule has 1 rings (SSSR count). The van der Waals surface area contributed by atoms with E-state index in [4.69, 9.17) is 4.74 Å². The van der Waals surface area contributed by atoms with E-state index in [0.29, 0.717) is 12.1 Å². The SMILES string of the molecule is CC.CCC(SC(=O)NC(C)C)C(=O)Nc1ccc(OC)cc1. The third kappa shape index (κ3) is 8.50. The molecule has 2 amide bonds. The summed E-state index contributed by atoms with van der Waals surface area (Å²) < 4.78 is 5.06. The molecule has 5 nitrogen and oxygen atoms in total. The van der Waals surface area contributed by atoms with E-state index in [0.717, 1.165) is 17.5 Å². The maximum atomic E-state index is 12.2. The normalized spacial score (nSPS) is 11.1. The number of carbonyl (C=O) groups excluding carboxylic acids is 2. The predicted octanol–water partition coefficient (Wildman–Crippen LogP) is 4.29. The van der Waals surface area contributed by atoms with Gasteiger partial charge in [0.1, 0.15) is 5.75 Å². The minimum Gasteiger partial charge on any atom is -0.497 e. The molecule has 130 valence electrons. The molecule has 1 unspecified atom stereocenters. The first-order valence-corrected chi connectivity index (χ1v) is 8.76. The molecule has 0 aromatic heterocycles. The zero-order valence-corrected chi connectivity index (χ0v) is 15.6. The van der Waals surface area contributed by atoms with Crippen molar-refractivity contribution in [3.8, 4) is 5.75 Å². The largest absolute Gasteiger partial charge is 0.497 e. The Balaban J connectivity index is 0.00000232. The van der Waals surface area contributed by atoms with Crippen molar-refractivity contribution < 1.29 is 14.3 Å². The molecule has 1 aromatic rings.